The summed E-state index contributed by atoms with van der Waals surface area (Å²) in [4.78, 5) is 16.1. The maximum absolute atomic E-state index is 13.7. The highest BCUT2D eigenvalue weighted by Crippen LogP contribution is 2.45. The van der Waals surface area contributed by atoms with Gasteiger partial charge in [0, 0.05) is 29.1 Å². The molecule has 0 fully saturated rings. The van der Waals surface area contributed by atoms with Crippen LogP contribution in [0.5, 0.6) is 0 Å². The first-order valence-corrected chi connectivity index (χ1v) is 13.2. The van der Waals surface area contributed by atoms with E-state index in [1.807, 2.05) is 48.6 Å². The largest absolute Gasteiger partial charge is 1.00 e. The van der Waals surface area contributed by atoms with Crippen molar-refractivity contribution in [2.24, 2.45) is 0 Å². The summed E-state index contributed by atoms with van der Waals surface area (Å²) in [6.45, 7) is 3.25. The van der Waals surface area contributed by atoms with Crippen LogP contribution in [0.25, 0.3) is 11.1 Å². The van der Waals surface area contributed by atoms with Crippen molar-refractivity contribution in [1.29, 1.82) is 0 Å². The Bertz CT molecular complexity index is 1540. The van der Waals surface area contributed by atoms with Gasteiger partial charge in [0.25, 0.3) is 10.6 Å². The molecule has 0 saturated heterocycles. The highest BCUT2D eigenvalue weighted by molar-refractivity contribution is 8.08. The second-order valence-electron chi connectivity index (χ2n) is 7.54. The quantitative estimate of drug-likeness (QED) is 0.357. The maximum Gasteiger partial charge on any atom is 0.271 e. The lowest BCUT2D eigenvalue weighted by atomic mass is 10.2. The Morgan fingerprint density at radius 2 is 2.03 bits per heavy atom. The fourth-order valence-corrected chi connectivity index (χ4v) is 7.35. The van der Waals surface area contributed by atoms with Crippen molar-refractivity contribution in [3.63, 3.8) is 0 Å². The SMILES string of the molecule is CCn1c(=O)/c(=C2\Sc3cc(F)ccc3N2C)s/c1=C\c1scc[n+]1Cc1cccc(Cl)c1.[Cl-]. The third-order valence-electron chi connectivity index (χ3n) is 5.42. The predicted molar refractivity (Wildman–Crippen MR) is 136 cm³/mol. The minimum atomic E-state index is -0.274. The normalized spacial score (nSPS) is 14.9. The van der Waals surface area contributed by atoms with Crippen molar-refractivity contribution in [1.82, 2.24) is 4.57 Å². The first-order chi connectivity index (χ1) is 15.9. The zero-order valence-electron chi connectivity index (χ0n) is 18.3. The minimum absolute atomic E-state index is 0. The van der Waals surface area contributed by atoms with Gasteiger partial charge >= 0.3 is 0 Å². The highest BCUT2D eigenvalue weighted by Gasteiger charge is 2.25. The molecule has 2 aromatic carbocycles. The van der Waals surface area contributed by atoms with Crippen LogP contribution in [0.4, 0.5) is 10.1 Å². The maximum atomic E-state index is 13.7. The molecule has 0 saturated carbocycles. The average Bonchev–Trinajstić information content (AvgIpc) is 3.44. The third kappa shape index (κ3) is 4.70. The van der Waals surface area contributed by atoms with E-state index in [0.29, 0.717) is 22.6 Å². The molecule has 34 heavy (non-hydrogen) atoms. The number of thiazole rings is 2. The van der Waals surface area contributed by atoms with E-state index in [2.05, 4.69) is 16.7 Å². The number of fused-ring (bicyclic) bond motifs is 1. The molecular weight excluding hydrogens is 532 g/mol. The lowest BCUT2D eigenvalue weighted by Gasteiger charge is -2.12. The monoisotopic (exact) mass is 551 g/mol. The summed E-state index contributed by atoms with van der Waals surface area (Å²) in [5.41, 5.74) is 2.01. The molecule has 0 atom stereocenters. The van der Waals surface area contributed by atoms with E-state index in [0.717, 1.165) is 30.8 Å². The number of hydrogen-bond acceptors (Lipinski definition) is 5. The summed E-state index contributed by atoms with van der Waals surface area (Å²) in [5, 5.41) is 4.64. The van der Waals surface area contributed by atoms with E-state index < -0.39 is 0 Å². The third-order valence-corrected chi connectivity index (χ3v) is 8.97. The van der Waals surface area contributed by atoms with Crippen molar-refractivity contribution in [2.75, 3.05) is 11.9 Å². The molecule has 0 spiro atoms. The van der Waals surface area contributed by atoms with Gasteiger partial charge in [-0.25, -0.2) is 4.39 Å². The van der Waals surface area contributed by atoms with Gasteiger partial charge in [0.15, 0.2) is 12.7 Å². The smallest absolute Gasteiger partial charge is 0.271 e. The van der Waals surface area contributed by atoms with Crippen LogP contribution in [0.15, 0.2) is 63.7 Å². The number of rotatable bonds is 4. The average molecular weight is 553 g/mol. The first kappa shape index (κ1) is 25.0. The second-order valence-corrected chi connectivity index (χ2v) is 11.0. The molecule has 4 nitrogen and oxygen atoms in total. The molecule has 176 valence electrons. The number of aromatic nitrogens is 2. The van der Waals surface area contributed by atoms with Crippen LogP contribution in [-0.2, 0) is 13.1 Å². The Morgan fingerprint density at radius 3 is 2.79 bits per heavy atom. The van der Waals surface area contributed by atoms with Crippen LogP contribution in [0.1, 0.15) is 17.5 Å². The first-order valence-electron chi connectivity index (χ1n) is 10.3. The van der Waals surface area contributed by atoms with Gasteiger partial charge in [-0.2, -0.15) is 4.57 Å². The molecule has 1 aliphatic rings. The van der Waals surface area contributed by atoms with E-state index in [4.69, 9.17) is 11.6 Å². The standard InChI is InChI=1S/C24H20ClFN3OS3.ClH/c1-3-29-21(13-20-28(9-10-31-20)14-15-5-4-6-16(25)11-15)33-22(23(29)30)24-27(2)18-8-7-17(26)12-19(18)32-24;/h4-13H,3,14H2,1-2H3;1H/q+1;/p-1/b24-22+;. The van der Waals surface area contributed by atoms with Crippen molar-refractivity contribution < 1.29 is 21.4 Å². The number of nitrogens with zero attached hydrogens (tertiary/aromatic N) is 3. The van der Waals surface area contributed by atoms with Crippen LogP contribution in [0.3, 0.4) is 0 Å². The van der Waals surface area contributed by atoms with Gasteiger partial charge in [0.05, 0.1) is 17.1 Å². The summed E-state index contributed by atoms with van der Waals surface area (Å²) in [5.74, 6) is -0.274. The van der Waals surface area contributed by atoms with Crippen LogP contribution in [-0.4, -0.2) is 11.6 Å². The van der Waals surface area contributed by atoms with Gasteiger partial charge in [-0.1, -0.05) is 46.8 Å². The molecule has 4 aromatic rings. The molecule has 1 aliphatic heterocycles. The lowest BCUT2D eigenvalue weighted by Crippen LogP contribution is -3.00. The van der Waals surface area contributed by atoms with Crippen molar-refractivity contribution in [2.45, 2.75) is 24.9 Å². The van der Waals surface area contributed by atoms with Crippen molar-refractivity contribution >= 4 is 62.8 Å². The van der Waals surface area contributed by atoms with E-state index in [1.165, 1.54) is 35.2 Å². The van der Waals surface area contributed by atoms with Gasteiger partial charge in [0.1, 0.15) is 20.0 Å². The topological polar surface area (TPSA) is 29.1 Å². The van der Waals surface area contributed by atoms with Gasteiger partial charge in [0.2, 0.25) is 0 Å². The molecule has 0 radical (unpaired) electrons. The predicted octanol–water partition coefficient (Wildman–Crippen LogP) is 1.26. The molecule has 0 amide bonds. The van der Waals surface area contributed by atoms with Crippen LogP contribution >= 0.6 is 46.0 Å². The number of hydrogen-bond donors (Lipinski definition) is 0. The Hall–Kier alpha value is -2.10. The molecule has 0 bridgehead atoms. The molecule has 0 unspecified atom stereocenters. The number of benzene rings is 2. The fraction of sp³-hybridized carbons (Fsp3) is 0.167. The molecule has 10 heteroatoms. The van der Waals surface area contributed by atoms with E-state index in [9.17, 15) is 9.18 Å². The van der Waals surface area contributed by atoms with Crippen molar-refractivity contribution in [3.05, 3.63) is 95.0 Å². The van der Waals surface area contributed by atoms with Crippen LogP contribution in [0.2, 0.25) is 5.02 Å². The molecule has 3 heterocycles. The second kappa shape index (κ2) is 10.3. The summed E-state index contributed by atoms with van der Waals surface area (Å²) in [6.07, 6.45) is 4.11. The van der Waals surface area contributed by atoms with Crippen molar-refractivity contribution in [3.8, 4) is 0 Å². The van der Waals surface area contributed by atoms with E-state index >= 15 is 0 Å². The Labute approximate surface area is 219 Å². The number of anilines is 1. The summed E-state index contributed by atoms with van der Waals surface area (Å²) < 4.78 is 19.2. The van der Waals surface area contributed by atoms with Crippen LogP contribution in [0, 0.1) is 5.82 Å². The van der Waals surface area contributed by atoms with Gasteiger partial charge < -0.3 is 17.3 Å². The number of halogens is 3. The molecule has 0 aliphatic carbocycles. The Balaban J connectivity index is 0.00000274. The lowest BCUT2D eigenvalue weighted by molar-refractivity contribution is -0.685. The molecule has 2 aromatic heterocycles. The van der Waals surface area contributed by atoms with Crippen LogP contribution < -0.4 is 36.6 Å². The molecule has 0 N–H and O–H groups in total. The Morgan fingerprint density at radius 1 is 1.21 bits per heavy atom. The molecular formula is C24H20Cl2FN3OS3. The van der Waals surface area contributed by atoms with E-state index in [1.54, 1.807) is 22.0 Å². The van der Waals surface area contributed by atoms with Gasteiger partial charge in [-0.15, -0.1) is 11.3 Å². The highest BCUT2D eigenvalue weighted by atomic mass is 35.5. The van der Waals surface area contributed by atoms with Gasteiger partial charge in [-0.05, 0) is 37.3 Å². The fourth-order valence-electron chi connectivity index (χ4n) is 3.80. The Kier molecular flexibility index (Phi) is 7.54. The zero-order valence-corrected chi connectivity index (χ0v) is 22.3. The molecule has 5 rings (SSSR count). The summed E-state index contributed by atoms with van der Waals surface area (Å²) in [7, 11) is 1.92. The minimum Gasteiger partial charge on any atom is -1.00 e. The summed E-state index contributed by atoms with van der Waals surface area (Å²) >= 11 is 10.7. The van der Waals surface area contributed by atoms with Gasteiger partial charge in [-0.3, -0.25) is 9.36 Å². The summed E-state index contributed by atoms with van der Waals surface area (Å²) in [6, 6.07) is 12.6. The zero-order chi connectivity index (χ0) is 23.1. The van der Waals surface area contributed by atoms with E-state index in [-0.39, 0.29) is 23.8 Å². The number of thioether (sulfide) groups is 1.